The Morgan fingerprint density at radius 3 is 1.61 bits per heavy atom. The van der Waals surface area contributed by atoms with Gasteiger partial charge in [-0.25, -0.2) is 15.0 Å². The van der Waals surface area contributed by atoms with Crippen LogP contribution in [0.2, 0.25) is 0 Å². The van der Waals surface area contributed by atoms with Crippen molar-refractivity contribution in [1.29, 1.82) is 0 Å². The summed E-state index contributed by atoms with van der Waals surface area (Å²) in [6, 6.07) is -2.08. The standard InChI is InChI=1S/C51H32N4O2/c1-4-13-33(14-5-1)34-23-25-37(26-24-34)55(38-27-29-41-40-19-10-11-21-44(40)56-46(41)31-38)39-28-30-42-47(32-39)57-45-22-12-20-43(48(42)45)51-53-49(35-15-6-2-7-16-35)52-50(54-51)36-17-8-3-9-18-36/h1-32H/i1D,4D,5D,10D,11D,12D,13D,14D,19D,20D,21D,22D,23D,24D,25D,26D,27D,28D,29D,30D,31D,32D. The lowest BCUT2D eigenvalue weighted by atomic mass is 10.0. The van der Waals surface area contributed by atoms with Crippen molar-refractivity contribution >= 4 is 60.9 Å². The molecule has 0 saturated heterocycles. The minimum Gasteiger partial charge on any atom is -0.456 e. The molecule has 11 rings (SSSR count). The summed E-state index contributed by atoms with van der Waals surface area (Å²) in [6.45, 7) is 0. The third-order valence-electron chi connectivity index (χ3n) is 8.89. The highest BCUT2D eigenvalue weighted by Crippen LogP contribution is 2.43. The van der Waals surface area contributed by atoms with Crippen molar-refractivity contribution in [2.75, 3.05) is 4.90 Å². The van der Waals surface area contributed by atoms with E-state index in [0.29, 0.717) is 16.0 Å². The van der Waals surface area contributed by atoms with Crippen LogP contribution in [-0.4, -0.2) is 15.0 Å². The maximum Gasteiger partial charge on any atom is 0.164 e. The summed E-state index contributed by atoms with van der Waals surface area (Å²) in [5.74, 6) is -0.0201. The first-order valence-electron chi connectivity index (χ1n) is 28.2. The van der Waals surface area contributed by atoms with Crippen molar-refractivity contribution in [3.05, 3.63) is 194 Å². The van der Waals surface area contributed by atoms with E-state index in [9.17, 15) is 15.1 Å². The quantitative estimate of drug-likeness (QED) is 0.161. The fourth-order valence-corrected chi connectivity index (χ4v) is 6.29. The Hall–Kier alpha value is -7.83. The van der Waals surface area contributed by atoms with E-state index in [4.69, 9.17) is 38.9 Å². The molecule has 6 heteroatoms. The second-order valence-electron chi connectivity index (χ2n) is 12.3. The molecule has 57 heavy (non-hydrogen) atoms. The SMILES string of the molecule is [2H]c1c([2H])c([2H])c(-c2c([2H])c([2H])c(N(c3c([2H])c([2H])c4c(oc5c([2H])c([2H])c([2H])c([2H])c54)c3[2H])c3c([2H])c([2H])c4c(oc5c([2H])c([2H])c([2H])c(-c6nc(-c7ccccc7)nc(-c7ccccc7)n6)c54)c3[2H])c([2H])c2[2H])c([2H])c1[2H]. The molecule has 3 aromatic heterocycles. The average Bonchev–Trinajstić information content (AvgIpc) is 4.11. The normalized spacial score (nSPS) is 16.9. The first-order valence-corrected chi connectivity index (χ1v) is 17.2. The molecule has 268 valence electrons. The molecule has 0 atom stereocenters. The number of furan rings is 2. The molecule has 0 unspecified atom stereocenters. The Labute approximate surface area is 358 Å². The van der Waals surface area contributed by atoms with E-state index in [-0.39, 0.29) is 28.4 Å². The number of hydrogen-bond acceptors (Lipinski definition) is 6. The third-order valence-corrected chi connectivity index (χ3v) is 8.89. The number of nitrogens with zero attached hydrogens (tertiary/aromatic N) is 4. The largest absolute Gasteiger partial charge is 0.456 e. The molecule has 0 spiro atoms. The highest BCUT2D eigenvalue weighted by Gasteiger charge is 2.21. The maximum atomic E-state index is 9.94. The highest BCUT2D eigenvalue weighted by molar-refractivity contribution is 6.13. The second kappa shape index (κ2) is 13.5. The van der Waals surface area contributed by atoms with Crippen molar-refractivity contribution in [3.8, 4) is 45.3 Å². The molecule has 0 radical (unpaired) electrons. The molecule has 8 aromatic carbocycles. The number of rotatable bonds is 7. The summed E-state index contributed by atoms with van der Waals surface area (Å²) in [5, 5.41) is -1.55. The van der Waals surface area contributed by atoms with Crippen LogP contribution < -0.4 is 4.90 Å². The van der Waals surface area contributed by atoms with Crippen LogP contribution in [0.5, 0.6) is 0 Å². The van der Waals surface area contributed by atoms with Crippen LogP contribution in [0.15, 0.2) is 202 Å². The van der Waals surface area contributed by atoms with E-state index in [1.165, 1.54) is 0 Å². The van der Waals surface area contributed by atoms with Gasteiger partial charge in [-0.15, -0.1) is 0 Å². The van der Waals surface area contributed by atoms with Crippen molar-refractivity contribution in [2.24, 2.45) is 0 Å². The van der Waals surface area contributed by atoms with Crippen LogP contribution in [0.25, 0.3) is 89.2 Å². The Balaban J connectivity index is 1.28. The van der Waals surface area contributed by atoms with E-state index >= 15 is 0 Å². The minimum absolute atomic E-state index is 0.112. The Kier molecular flexibility index (Phi) is 4.10. The lowest BCUT2D eigenvalue weighted by molar-refractivity contribution is 0.669. The molecule has 6 nitrogen and oxygen atoms in total. The van der Waals surface area contributed by atoms with Gasteiger partial charge in [0.2, 0.25) is 0 Å². The fourth-order valence-electron chi connectivity index (χ4n) is 6.29. The van der Waals surface area contributed by atoms with Crippen molar-refractivity contribution in [2.45, 2.75) is 0 Å². The highest BCUT2D eigenvalue weighted by atomic mass is 16.3. The smallest absolute Gasteiger partial charge is 0.164 e. The Bertz CT molecular complexity index is 4420. The van der Waals surface area contributed by atoms with Gasteiger partial charge in [0.15, 0.2) is 17.5 Å². The van der Waals surface area contributed by atoms with Crippen molar-refractivity contribution in [1.82, 2.24) is 15.0 Å². The van der Waals surface area contributed by atoms with Gasteiger partial charge in [-0.2, -0.15) is 0 Å². The molecule has 0 aliphatic rings. The van der Waals surface area contributed by atoms with Crippen LogP contribution in [0.3, 0.4) is 0 Å². The molecular formula is C51H32N4O2. The van der Waals surface area contributed by atoms with E-state index < -0.39 is 200 Å². The molecule has 3 heterocycles. The summed E-state index contributed by atoms with van der Waals surface area (Å²) < 4.78 is 211. The summed E-state index contributed by atoms with van der Waals surface area (Å²) in [5.41, 5.74) is -5.97. The van der Waals surface area contributed by atoms with Crippen molar-refractivity contribution in [3.63, 3.8) is 0 Å². The first-order chi connectivity index (χ1) is 37.4. The molecule has 0 amide bonds. The van der Waals surface area contributed by atoms with Gasteiger partial charge in [0.25, 0.3) is 0 Å². The average molecular weight is 755 g/mol. The van der Waals surface area contributed by atoms with Gasteiger partial charge in [0.1, 0.15) is 22.3 Å². The zero-order valence-electron chi connectivity index (χ0n) is 50.9. The monoisotopic (exact) mass is 754 g/mol. The summed E-state index contributed by atoms with van der Waals surface area (Å²) in [4.78, 5) is 14.6. The molecule has 0 bridgehead atoms. The predicted molar refractivity (Wildman–Crippen MR) is 231 cm³/mol. The summed E-state index contributed by atoms with van der Waals surface area (Å²) in [7, 11) is 0. The van der Waals surface area contributed by atoms with Gasteiger partial charge < -0.3 is 13.7 Å². The van der Waals surface area contributed by atoms with Gasteiger partial charge >= 0.3 is 0 Å². The number of para-hydroxylation sites is 1. The van der Waals surface area contributed by atoms with E-state index in [0.717, 1.165) is 0 Å². The maximum absolute atomic E-state index is 9.94. The number of hydrogen-bond donors (Lipinski definition) is 0. The van der Waals surface area contributed by atoms with E-state index in [2.05, 4.69) is 0 Å². The minimum atomic E-state index is -1.13. The number of anilines is 3. The topological polar surface area (TPSA) is 68.2 Å². The van der Waals surface area contributed by atoms with Crippen LogP contribution >= 0.6 is 0 Å². The number of benzene rings is 8. The fraction of sp³-hybridized carbons (Fsp3) is 0. The van der Waals surface area contributed by atoms with Crippen LogP contribution in [0.4, 0.5) is 17.1 Å². The molecule has 0 saturated carbocycles. The number of fused-ring (bicyclic) bond motifs is 6. The molecule has 0 aliphatic carbocycles. The molecule has 0 fully saturated rings. The molecular weight excluding hydrogens is 701 g/mol. The number of aromatic nitrogens is 3. The van der Waals surface area contributed by atoms with Gasteiger partial charge in [0.05, 0.1) is 30.2 Å². The van der Waals surface area contributed by atoms with Gasteiger partial charge in [-0.3, -0.25) is 0 Å². The van der Waals surface area contributed by atoms with Gasteiger partial charge in [-0.05, 0) is 59.5 Å². The van der Waals surface area contributed by atoms with E-state index in [1.807, 2.05) is 0 Å². The molecule has 11 aromatic rings. The van der Waals surface area contributed by atoms with Crippen molar-refractivity contribution < 1.29 is 39.0 Å². The predicted octanol–water partition coefficient (Wildman–Crippen LogP) is 13.8. The van der Waals surface area contributed by atoms with E-state index in [1.54, 1.807) is 60.7 Å². The van der Waals surface area contributed by atoms with Gasteiger partial charge in [-0.1, -0.05) is 133 Å². The van der Waals surface area contributed by atoms with Crippen LogP contribution in [0.1, 0.15) is 30.2 Å². The summed E-state index contributed by atoms with van der Waals surface area (Å²) in [6.07, 6.45) is 0. The molecule has 0 aliphatic heterocycles. The Morgan fingerprint density at radius 2 is 0.912 bits per heavy atom. The third kappa shape index (κ3) is 5.79. The summed E-state index contributed by atoms with van der Waals surface area (Å²) >= 11 is 0. The van der Waals surface area contributed by atoms with Crippen LogP contribution in [0, 0.1) is 0 Å². The first kappa shape index (κ1) is 17.3. The van der Waals surface area contributed by atoms with Crippen LogP contribution in [-0.2, 0) is 0 Å². The lowest BCUT2D eigenvalue weighted by Crippen LogP contribution is -2.09. The zero-order chi connectivity index (χ0) is 56.9. The Morgan fingerprint density at radius 1 is 0.386 bits per heavy atom. The lowest BCUT2D eigenvalue weighted by Gasteiger charge is -2.25. The second-order valence-corrected chi connectivity index (χ2v) is 12.3. The molecule has 0 N–H and O–H groups in total. The van der Waals surface area contributed by atoms with Gasteiger partial charge in [0, 0.05) is 67.4 Å². The zero-order valence-corrected chi connectivity index (χ0v) is 28.9.